The molecule has 0 fully saturated rings. The lowest BCUT2D eigenvalue weighted by atomic mass is 10.1. The molecule has 0 saturated carbocycles. The average molecular weight is 372 g/mol. The summed E-state index contributed by atoms with van der Waals surface area (Å²) < 4.78 is 1.70. The molecule has 0 aliphatic rings. The van der Waals surface area contributed by atoms with E-state index in [4.69, 9.17) is 0 Å². The van der Waals surface area contributed by atoms with Crippen molar-refractivity contribution in [3.05, 3.63) is 78.4 Å². The van der Waals surface area contributed by atoms with Crippen LogP contribution in [-0.2, 0) is 0 Å². The third kappa shape index (κ3) is 3.98. The number of benzene rings is 2. The van der Waals surface area contributed by atoms with E-state index in [0.29, 0.717) is 30.3 Å². The number of aromatic nitrogens is 4. The minimum Gasteiger partial charge on any atom is -0.368 e. The van der Waals surface area contributed by atoms with Crippen molar-refractivity contribution < 1.29 is 4.79 Å². The number of nitrogens with zero attached hydrogens (tertiary/aromatic N) is 4. The molecule has 0 aliphatic carbocycles. The summed E-state index contributed by atoms with van der Waals surface area (Å²) in [5.41, 5.74) is 1.57. The van der Waals surface area contributed by atoms with E-state index in [-0.39, 0.29) is 5.91 Å². The maximum absolute atomic E-state index is 12.4. The molecule has 7 heteroatoms. The Hall–Kier alpha value is -3.74. The third-order valence-electron chi connectivity index (χ3n) is 4.34. The van der Waals surface area contributed by atoms with Crippen LogP contribution in [0.2, 0.25) is 0 Å². The Balaban J connectivity index is 1.32. The zero-order chi connectivity index (χ0) is 19.3. The van der Waals surface area contributed by atoms with Gasteiger partial charge >= 0.3 is 0 Å². The maximum Gasteiger partial charge on any atom is 0.251 e. The van der Waals surface area contributed by atoms with Gasteiger partial charge in [0, 0.05) is 30.9 Å². The van der Waals surface area contributed by atoms with Gasteiger partial charge in [0.15, 0.2) is 5.82 Å². The zero-order valence-electron chi connectivity index (χ0n) is 15.5. The monoisotopic (exact) mass is 372 g/mol. The van der Waals surface area contributed by atoms with Gasteiger partial charge in [-0.2, -0.15) is 5.10 Å². The molecule has 2 aromatic carbocycles. The van der Waals surface area contributed by atoms with Crippen LogP contribution in [0.5, 0.6) is 0 Å². The van der Waals surface area contributed by atoms with Crippen LogP contribution in [0.4, 0.5) is 5.82 Å². The second kappa shape index (κ2) is 7.87. The normalized spacial score (nSPS) is 10.8. The zero-order valence-corrected chi connectivity index (χ0v) is 15.5. The van der Waals surface area contributed by atoms with Crippen LogP contribution < -0.4 is 10.6 Å². The van der Waals surface area contributed by atoms with Crippen LogP contribution in [0.1, 0.15) is 16.1 Å². The van der Waals surface area contributed by atoms with Crippen molar-refractivity contribution in [1.82, 2.24) is 25.1 Å². The summed E-state index contributed by atoms with van der Waals surface area (Å²) in [6.45, 7) is 2.95. The molecule has 4 rings (SSSR count). The Morgan fingerprint density at radius 1 is 1.00 bits per heavy atom. The van der Waals surface area contributed by atoms with Crippen molar-refractivity contribution in [2.45, 2.75) is 6.92 Å². The van der Waals surface area contributed by atoms with Gasteiger partial charge in [-0.1, -0.05) is 30.3 Å². The number of rotatable bonds is 6. The van der Waals surface area contributed by atoms with Gasteiger partial charge in [-0.3, -0.25) is 4.79 Å². The number of aryl methyl sites for hydroxylation is 1. The number of fused-ring (bicyclic) bond motifs is 1. The first-order valence-electron chi connectivity index (χ1n) is 9.04. The van der Waals surface area contributed by atoms with Gasteiger partial charge < -0.3 is 10.6 Å². The van der Waals surface area contributed by atoms with Gasteiger partial charge in [-0.05, 0) is 35.9 Å². The van der Waals surface area contributed by atoms with Gasteiger partial charge in [0.2, 0.25) is 0 Å². The average Bonchev–Trinajstić information content (AvgIpc) is 3.17. The lowest BCUT2D eigenvalue weighted by Crippen LogP contribution is -2.28. The molecule has 140 valence electrons. The number of amides is 1. The van der Waals surface area contributed by atoms with Crippen LogP contribution >= 0.6 is 0 Å². The van der Waals surface area contributed by atoms with Crippen LogP contribution in [0.3, 0.4) is 0 Å². The summed E-state index contributed by atoms with van der Waals surface area (Å²) in [5, 5.41) is 12.6. The first-order valence-corrected chi connectivity index (χ1v) is 9.04. The van der Waals surface area contributed by atoms with E-state index in [1.165, 1.54) is 6.33 Å². The molecule has 2 N–H and O–H groups in total. The third-order valence-corrected chi connectivity index (χ3v) is 4.34. The fourth-order valence-corrected chi connectivity index (χ4v) is 2.91. The Bertz CT molecular complexity index is 1120. The van der Waals surface area contributed by atoms with E-state index in [9.17, 15) is 4.79 Å². The van der Waals surface area contributed by atoms with E-state index >= 15 is 0 Å². The molecule has 2 aromatic heterocycles. The van der Waals surface area contributed by atoms with Gasteiger partial charge in [0.05, 0.1) is 5.69 Å². The molecule has 4 aromatic rings. The molecule has 0 unspecified atom stereocenters. The number of anilines is 1. The molecular formula is C21H20N6O. The van der Waals surface area contributed by atoms with Crippen molar-refractivity contribution >= 4 is 22.5 Å². The molecule has 0 aliphatic heterocycles. The predicted octanol–water partition coefficient (Wildman–Crippen LogP) is 2.97. The van der Waals surface area contributed by atoms with Crippen LogP contribution in [0, 0.1) is 6.92 Å². The van der Waals surface area contributed by atoms with E-state index in [0.717, 1.165) is 16.5 Å². The van der Waals surface area contributed by atoms with Gasteiger partial charge in [-0.15, -0.1) is 0 Å². The maximum atomic E-state index is 12.4. The molecule has 1 amide bonds. The molecule has 0 spiro atoms. The van der Waals surface area contributed by atoms with Crippen molar-refractivity contribution in [1.29, 1.82) is 0 Å². The van der Waals surface area contributed by atoms with Crippen LogP contribution in [-0.4, -0.2) is 38.7 Å². The number of nitrogens with one attached hydrogen (secondary N) is 2. The highest BCUT2D eigenvalue weighted by molar-refractivity contribution is 5.98. The van der Waals surface area contributed by atoms with Crippen molar-refractivity contribution in [2.75, 3.05) is 18.4 Å². The summed E-state index contributed by atoms with van der Waals surface area (Å²) in [6.07, 6.45) is 3.34. The predicted molar refractivity (Wildman–Crippen MR) is 109 cm³/mol. The fourth-order valence-electron chi connectivity index (χ4n) is 2.91. The van der Waals surface area contributed by atoms with E-state index < -0.39 is 0 Å². The lowest BCUT2D eigenvalue weighted by Gasteiger charge is -2.09. The Labute approximate surface area is 162 Å². The molecule has 0 atom stereocenters. The lowest BCUT2D eigenvalue weighted by molar-refractivity contribution is 0.0955. The number of hydrogen-bond acceptors (Lipinski definition) is 5. The van der Waals surface area contributed by atoms with Crippen molar-refractivity contribution in [3.63, 3.8) is 0 Å². The smallest absolute Gasteiger partial charge is 0.251 e. The molecular weight excluding hydrogens is 352 g/mol. The summed E-state index contributed by atoms with van der Waals surface area (Å²) in [6, 6.07) is 17.4. The SMILES string of the molecule is Cc1ccn(-c2cc(NCCNC(=O)c3ccc4ccccc4c3)ncn2)n1. The molecule has 7 nitrogen and oxygen atoms in total. The largest absolute Gasteiger partial charge is 0.368 e. The Morgan fingerprint density at radius 2 is 1.86 bits per heavy atom. The highest BCUT2D eigenvalue weighted by Gasteiger charge is 2.06. The number of hydrogen-bond donors (Lipinski definition) is 2. The van der Waals surface area contributed by atoms with Gasteiger partial charge in [0.25, 0.3) is 5.91 Å². The van der Waals surface area contributed by atoms with Crippen LogP contribution in [0.15, 0.2) is 67.1 Å². The second-order valence-electron chi connectivity index (χ2n) is 6.41. The fraction of sp³-hybridized carbons (Fsp3) is 0.143. The van der Waals surface area contributed by atoms with Gasteiger partial charge in [0.1, 0.15) is 12.1 Å². The highest BCUT2D eigenvalue weighted by atomic mass is 16.1. The summed E-state index contributed by atoms with van der Waals surface area (Å²) in [5.74, 6) is 1.27. The molecule has 0 radical (unpaired) electrons. The summed E-state index contributed by atoms with van der Waals surface area (Å²) in [7, 11) is 0. The Kier molecular flexibility index (Phi) is 4.97. The van der Waals surface area contributed by atoms with E-state index in [1.807, 2.05) is 67.7 Å². The molecule has 0 bridgehead atoms. The minimum atomic E-state index is -0.0945. The molecule has 2 heterocycles. The van der Waals surface area contributed by atoms with E-state index in [2.05, 4.69) is 25.7 Å². The van der Waals surface area contributed by atoms with Crippen molar-refractivity contribution in [2.24, 2.45) is 0 Å². The highest BCUT2D eigenvalue weighted by Crippen LogP contribution is 2.15. The summed E-state index contributed by atoms with van der Waals surface area (Å²) in [4.78, 5) is 20.8. The number of carbonyl (C=O) groups is 1. The van der Waals surface area contributed by atoms with E-state index in [1.54, 1.807) is 4.68 Å². The first-order chi connectivity index (χ1) is 13.7. The molecule has 0 saturated heterocycles. The van der Waals surface area contributed by atoms with Gasteiger partial charge in [-0.25, -0.2) is 14.6 Å². The second-order valence-corrected chi connectivity index (χ2v) is 6.41. The topological polar surface area (TPSA) is 84.7 Å². The molecule has 28 heavy (non-hydrogen) atoms. The van der Waals surface area contributed by atoms with Crippen molar-refractivity contribution in [3.8, 4) is 5.82 Å². The quantitative estimate of drug-likeness (QED) is 0.508. The minimum absolute atomic E-state index is 0.0945. The van der Waals surface area contributed by atoms with Crippen LogP contribution in [0.25, 0.3) is 16.6 Å². The standard InChI is InChI=1S/C21H20N6O/c1-15-8-11-27(26-15)20-13-19(24-14-25-20)22-9-10-23-21(28)18-7-6-16-4-2-3-5-17(16)12-18/h2-8,11-14H,9-10H2,1H3,(H,23,28)(H,22,24,25). The first kappa shape index (κ1) is 17.7. The number of carbonyl (C=O) groups excluding carboxylic acids is 1. The Morgan fingerprint density at radius 3 is 2.68 bits per heavy atom. The summed E-state index contributed by atoms with van der Waals surface area (Å²) >= 11 is 0.